The Hall–Kier alpha value is -0.850. The molecule has 5 nitrogen and oxygen atoms in total. The molecule has 1 fully saturated rings. The molecule has 2 rings (SSSR count). The van der Waals surface area contributed by atoms with Gasteiger partial charge in [0.2, 0.25) is 5.91 Å². The second kappa shape index (κ2) is 7.67. The molecule has 1 N–H and O–H groups in total. The van der Waals surface area contributed by atoms with Crippen LogP contribution in [0.5, 0.6) is 0 Å². The van der Waals surface area contributed by atoms with Gasteiger partial charge in [0, 0.05) is 45.4 Å². The predicted octanol–water partition coefficient (Wildman–Crippen LogP) is 0.922. The van der Waals surface area contributed by atoms with E-state index in [1.54, 1.807) is 22.8 Å². The first kappa shape index (κ1) is 18.1. The smallest absolute Gasteiger partial charge is 0.239 e. The van der Waals surface area contributed by atoms with Gasteiger partial charge in [-0.1, -0.05) is 0 Å². The van der Waals surface area contributed by atoms with Crippen molar-refractivity contribution in [2.24, 2.45) is 7.05 Å². The third-order valence-electron chi connectivity index (χ3n) is 2.93. The summed E-state index contributed by atoms with van der Waals surface area (Å²) in [6.45, 7) is 0.777. The minimum absolute atomic E-state index is 0. The number of carbonyl (C=O) groups excluding carboxylic acids is 1. The molecule has 0 bridgehead atoms. The van der Waals surface area contributed by atoms with E-state index >= 15 is 0 Å². The molecule has 1 aliphatic rings. The van der Waals surface area contributed by atoms with Crippen LogP contribution >= 0.6 is 24.8 Å². The highest BCUT2D eigenvalue weighted by molar-refractivity contribution is 5.85. The van der Waals surface area contributed by atoms with Gasteiger partial charge in [-0.15, -0.1) is 24.8 Å². The van der Waals surface area contributed by atoms with Gasteiger partial charge in [0.05, 0.1) is 12.2 Å². The maximum Gasteiger partial charge on any atom is 0.239 e. The molecule has 2 atom stereocenters. The number of aryl methyl sites for hydroxylation is 1. The molecule has 2 heterocycles. The molecule has 1 saturated heterocycles. The first-order valence-corrected chi connectivity index (χ1v) is 5.66. The minimum atomic E-state index is -0.907. The average Bonchev–Trinajstić information content (AvgIpc) is 2.87. The summed E-state index contributed by atoms with van der Waals surface area (Å²) in [5.74, 6) is -0.0611. The van der Waals surface area contributed by atoms with Crippen LogP contribution < -0.4 is 5.32 Å². The summed E-state index contributed by atoms with van der Waals surface area (Å²) in [5.41, 5.74) is 0.971. The van der Waals surface area contributed by atoms with E-state index in [9.17, 15) is 9.18 Å². The van der Waals surface area contributed by atoms with E-state index in [1.165, 1.54) is 0 Å². The number of amides is 1. The second-order valence-corrected chi connectivity index (χ2v) is 4.51. The lowest BCUT2D eigenvalue weighted by Gasteiger charge is -2.20. The molecule has 0 spiro atoms. The molecule has 110 valence electrons. The standard InChI is InChI=1S/C11H17FN4O.2ClH/c1-15(6-8-4-14-16(2)7-8)11(17)10-3-9(12)5-13-10;;/h4,7,9-10,13H,3,5-6H2,1-2H3;2*1H/t9-,10+;;/m0../s1. The van der Waals surface area contributed by atoms with Crippen molar-refractivity contribution in [3.63, 3.8) is 0 Å². The number of carbonyl (C=O) groups is 1. The maximum atomic E-state index is 13.0. The number of likely N-dealkylation sites (N-methyl/N-ethyl adjacent to an activating group) is 1. The number of aromatic nitrogens is 2. The fourth-order valence-electron chi connectivity index (χ4n) is 2.05. The lowest BCUT2D eigenvalue weighted by Crippen LogP contribution is -2.41. The van der Waals surface area contributed by atoms with Crippen LogP contribution in [-0.4, -0.2) is 46.4 Å². The summed E-state index contributed by atoms with van der Waals surface area (Å²) in [4.78, 5) is 13.6. The zero-order valence-corrected chi connectivity index (χ0v) is 12.5. The SMILES string of the molecule is CN(Cc1cnn(C)c1)C(=O)[C@H]1C[C@H](F)CN1.Cl.Cl. The van der Waals surface area contributed by atoms with E-state index in [1.807, 2.05) is 13.2 Å². The Bertz CT molecular complexity index is 415. The van der Waals surface area contributed by atoms with Gasteiger partial charge in [-0.25, -0.2) is 4.39 Å². The summed E-state index contributed by atoms with van der Waals surface area (Å²) in [6.07, 6.45) is 2.96. The second-order valence-electron chi connectivity index (χ2n) is 4.51. The van der Waals surface area contributed by atoms with Crippen molar-refractivity contribution < 1.29 is 9.18 Å². The lowest BCUT2D eigenvalue weighted by atomic mass is 10.2. The highest BCUT2D eigenvalue weighted by Crippen LogP contribution is 2.13. The van der Waals surface area contributed by atoms with Crippen LogP contribution in [0.15, 0.2) is 12.4 Å². The van der Waals surface area contributed by atoms with E-state index in [0.29, 0.717) is 6.54 Å². The highest BCUT2D eigenvalue weighted by Gasteiger charge is 2.31. The van der Waals surface area contributed by atoms with Gasteiger partial charge in [0.25, 0.3) is 0 Å². The third-order valence-corrected chi connectivity index (χ3v) is 2.93. The van der Waals surface area contributed by atoms with Gasteiger partial charge in [0.15, 0.2) is 0 Å². The zero-order valence-electron chi connectivity index (χ0n) is 10.9. The van der Waals surface area contributed by atoms with Gasteiger partial charge in [0.1, 0.15) is 6.17 Å². The van der Waals surface area contributed by atoms with E-state index in [0.717, 1.165) is 5.56 Å². The lowest BCUT2D eigenvalue weighted by molar-refractivity contribution is -0.132. The van der Waals surface area contributed by atoms with Crippen molar-refractivity contribution in [1.82, 2.24) is 20.0 Å². The first-order valence-electron chi connectivity index (χ1n) is 5.66. The molecule has 0 aliphatic carbocycles. The normalized spacial score (nSPS) is 21.4. The van der Waals surface area contributed by atoms with E-state index in [4.69, 9.17) is 0 Å². The zero-order chi connectivity index (χ0) is 12.4. The summed E-state index contributed by atoms with van der Waals surface area (Å²) in [6, 6.07) is -0.383. The Morgan fingerprint density at radius 3 is 2.79 bits per heavy atom. The molecule has 0 aromatic carbocycles. The molecule has 1 aromatic heterocycles. The number of hydrogen-bond donors (Lipinski definition) is 1. The summed E-state index contributed by atoms with van der Waals surface area (Å²) < 4.78 is 14.7. The van der Waals surface area contributed by atoms with E-state index in [-0.39, 0.29) is 49.7 Å². The molecule has 1 aliphatic heterocycles. The van der Waals surface area contributed by atoms with Crippen molar-refractivity contribution in [1.29, 1.82) is 0 Å². The predicted molar refractivity (Wildman–Crippen MR) is 75.5 cm³/mol. The van der Waals surface area contributed by atoms with Crippen LogP contribution in [0.1, 0.15) is 12.0 Å². The van der Waals surface area contributed by atoms with Gasteiger partial charge < -0.3 is 10.2 Å². The van der Waals surface area contributed by atoms with Crippen LogP contribution in [0.2, 0.25) is 0 Å². The molecule has 8 heteroatoms. The Morgan fingerprint density at radius 1 is 1.63 bits per heavy atom. The van der Waals surface area contributed by atoms with Crippen LogP contribution in [-0.2, 0) is 18.4 Å². The number of alkyl halides is 1. The number of nitrogens with zero attached hydrogens (tertiary/aromatic N) is 3. The monoisotopic (exact) mass is 312 g/mol. The fraction of sp³-hybridized carbons (Fsp3) is 0.636. The van der Waals surface area contributed by atoms with Crippen molar-refractivity contribution in [3.8, 4) is 0 Å². The summed E-state index contributed by atoms with van der Waals surface area (Å²) >= 11 is 0. The van der Waals surface area contributed by atoms with Crippen molar-refractivity contribution in [3.05, 3.63) is 18.0 Å². The van der Waals surface area contributed by atoms with E-state index < -0.39 is 6.17 Å². The van der Waals surface area contributed by atoms with Gasteiger partial charge in [-0.2, -0.15) is 5.10 Å². The van der Waals surface area contributed by atoms with Crippen molar-refractivity contribution in [2.75, 3.05) is 13.6 Å². The molecule has 0 saturated carbocycles. The summed E-state index contributed by atoms with van der Waals surface area (Å²) in [7, 11) is 3.56. The highest BCUT2D eigenvalue weighted by atomic mass is 35.5. The third kappa shape index (κ3) is 4.63. The van der Waals surface area contributed by atoms with Crippen molar-refractivity contribution >= 4 is 30.7 Å². The molecular weight excluding hydrogens is 294 g/mol. The van der Waals surface area contributed by atoms with Crippen LogP contribution in [0, 0.1) is 0 Å². The quantitative estimate of drug-likeness (QED) is 0.903. The molecule has 1 aromatic rings. The van der Waals surface area contributed by atoms with Crippen LogP contribution in [0.25, 0.3) is 0 Å². The van der Waals surface area contributed by atoms with Gasteiger partial charge in [-0.05, 0) is 0 Å². The van der Waals surface area contributed by atoms with Crippen LogP contribution in [0.3, 0.4) is 0 Å². The van der Waals surface area contributed by atoms with E-state index in [2.05, 4.69) is 10.4 Å². The Labute approximate surface area is 124 Å². The summed E-state index contributed by atoms with van der Waals surface area (Å²) in [5, 5.41) is 6.93. The van der Waals surface area contributed by atoms with Crippen LogP contribution in [0.4, 0.5) is 4.39 Å². The molecule has 19 heavy (non-hydrogen) atoms. The topological polar surface area (TPSA) is 50.2 Å². The van der Waals surface area contributed by atoms with Crippen molar-refractivity contribution in [2.45, 2.75) is 25.2 Å². The molecule has 1 amide bonds. The fourth-order valence-corrected chi connectivity index (χ4v) is 2.05. The molecule has 0 unspecified atom stereocenters. The minimum Gasteiger partial charge on any atom is -0.340 e. The first-order chi connectivity index (χ1) is 8.06. The average molecular weight is 313 g/mol. The Morgan fingerprint density at radius 2 is 2.32 bits per heavy atom. The Kier molecular flexibility index (Phi) is 7.33. The maximum absolute atomic E-state index is 13.0. The van der Waals surface area contributed by atoms with Gasteiger partial charge >= 0.3 is 0 Å². The largest absolute Gasteiger partial charge is 0.340 e. The Balaban J connectivity index is 0.00000162. The van der Waals surface area contributed by atoms with Gasteiger partial charge in [-0.3, -0.25) is 9.48 Å². The molecule has 0 radical (unpaired) electrons. The number of nitrogens with one attached hydrogen (secondary N) is 1. The number of halogens is 3. The molecular formula is C11H19Cl2FN4O. The number of hydrogen-bond acceptors (Lipinski definition) is 3. The number of rotatable bonds is 3.